The second kappa shape index (κ2) is 6.98. The van der Waals surface area contributed by atoms with Crippen molar-refractivity contribution in [2.45, 2.75) is 37.6 Å². The molecule has 1 atom stereocenters. The highest BCUT2D eigenvalue weighted by Crippen LogP contribution is 2.20. The fraction of sp³-hybridized carbons (Fsp3) is 0.467. The molecule has 1 aromatic carbocycles. The highest BCUT2D eigenvalue weighted by atomic mass is 32.2. The number of nitrogens with zero attached hydrogens (tertiary/aromatic N) is 1. The molecule has 0 aliphatic carbocycles. The number of hydrogen-bond donors (Lipinski definition) is 0. The molecule has 0 aliphatic heterocycles. The molecule has 19 heavy (non-hydrogen) atoms. The predicted octanol–water partition coefficient (Wildman–Crippen LogP) is 3.20. The van der Waals surface area contributed by atoms with Crippen LogP contribution in [0.1, 0.15) is 31.7 Å². The average molecular weight is 281 g/mol. The van der Waals surface area contributed by atoms with Crippen LogP contribution in [-0.4, -0.2) is 27.3 Å². The molecule has 0 saturated heterocycles. The van der Waals surface area contributed by atoms with Gasteiger partial charge in [-0.3, -0.25) is 8.69 Å². The molecular formula is C15H23NO2S. The summed E-state index contributed by atoms with van der Waals surface area (Å²) in [6, 6.07) is 7.04. The lowest BCUT2D eigenvalue weighted by atomic mass is 10.1. The van der Waals surface area contributed by atoms with Crippen molar-refractivity contribution in [1.29, 1.82) is 0 Å². The Labute approximate surface area is 118 Å². The zero-order valence-corrected chi connectivity index (χ0v) is 12.8. The molecule has 0 radical (unpaired) electrons. The van der Waals surface area contributed by atoms with Crippen molar-refractivity contribution in [3.05, 3.63) is 42.1 Å². The van der Waals surface area contributed by atoms with Crippen LogP contribution in [0.3, 0.4) is 0 Å². The molecule has 0 bridgehead atoms. The van der Waals surface area contributed by atoms with Crippen molar-refractivity contribution >= 4 is 11.1 Å². The molecule has 0 fully saturated rings. The third-order valence-corrected chi connectivity index (χ3v) is 4.03. The van der Waals surface area contributed by atoms with Crippen molar-refractivity contribution in [1.82, 2.24) is 0 Å². The van der Waals surface area contributed by atoms with Gasteiger partial charge in [-0.2, -0.15) is 0 Å². The van der Waals surface area contributed by atoms with Gasteiger partial charge in [0.25, 0.3) is 0 Å². The summed E-state index contributed by atoms with van der Waals surface area (Å²) in [5, 5.41) is 0. The highest BCUT2D eigenvalue weighted by Gasteiger charge is 2.20. The number of benzene rings is 1. The van der Waals surface area contributed by atoms with Gasteiger partial charge in [0.2, 0.25) is 0 Å². The van der Waals surface area contributed by atoms with Crippen LogP contribution in [0.2, 0.25) is 0 Å². The number of unbranched alkanes of at least 4 members (excludes halogenated alkanes) is 1. The van der Waals surface area contributed by atoms with Crippen molar-refractivity contribution in [2.24, 2.45) is 0 Å². The molecule has 1 unspecified atom stereocenters. The van der Waals surface area contributed by atoms with Crippen molar-refractivity contribution < 1.29 is 13.2 Å². The normalized spacial score (nSPS) is 13.3. The van der Waals surface area contributed by atoms with E-state index in [1.54, 1.807) is 12.1 Å². The van der Waals surface area contributed by atoms with E-state index >= 15 is 0 Å². The molecule has 0 saturated carbocycles. The Balaban J connectivity index is 2.71. The summed E-state index contributed by atoms with van der Waals surface area (Å²) in [4.78, 5) is 0.332. The third-order valence-electron chi connectivity index (χ3n) is 3.37. The maximum absolute atomic E-state index is 10.8. The van der Waals surface area contributed by atoms with E-state index < -0.39 is 11.1 Å². The van der Waals surface area contributed by atoms with Crippen molar-refractivity contribution in [3.63, 3.8) is 0 Å². The van der Waals surface area contributed by atoms with Gasteiger partial charge in [-0.15, -0.1) is 0 Å². The van der Waals surface area contributed by atoms with E-state index in [0.29, 0.717) is 4.90 Å². The summed E-state index contributed by atoms with van der Waals surface area (Å²) in [6.07, 6.45) is 3.36. The van der Waals surface area contributed by atoms with E-state index in [1.165, 1.54) is 12.1 Å². The van der Waals surface area contributed by atoms with Crippen LogP contribution in [0, 0.1) is 0 Å². The summed E-state index contributed by atoms with van der Waals surface area (Å²) in [5.41, 5.74) is 2.33. The summed E-state index contributed by atoms with van der Waals surface area (Å²) < 4.78 is 22.3. The molecule has 0 heterocycles. The Hall–Kier alpha value is -0.970. The SMILES string of the molecule is C=C(CCCC)[N+](C)(C)Cc1ccc(S(=O)[O-])cc1. The van der Waals surface area contributed by atoms with Gasteiger partial charge in [0.1, 0.15) is 12.2 Å². The molecule has 0 aliphatic rings. The molecule has 106 valence electrons. The molecule has 1 aromatic rings. The zero-order valence-electron chi connectivity index (χ0n) is 12.0. The summed E-state index contributed by atoms with van der Waals surface area (Å²) in [6.45, 7) is 7.18. The first-order valence-electron chi connectivity index (χ1n) is 6.56. The maximum atomic E-state index is 10.8. The van der Waals surface area contributed by atoms with E-state index in [-0.39, 0.29) is 0 Å². The minimum absolute atomic E-state index is 0.332. The fourth-order valence-electron chi connectivity index (χ4n) is 1.96. The van der Waals surface area contributed by atoms with Gasteiger partial charge in [0.15, 0.2) is 0 Å². The van der Waals surface area contributed by atoms with E-state index in [4.69, 9.17) is 0 Å². The molecule has 0 N–H and O–H groups in total. The van der Waals surface area contributed by atoms with Crippen molar-refractivity contribution in [2.75, 3.05) is 14.1 Å². The Morgan fingerprint density at radius 1 is 1.32 bits per heavy atom. The molecule has 1 rings (SSSR count). The van der Waals surface area contributed by atoms with E-state index in [9.17, 15) is 8.76 Å². The fourth-order valence-corrected chi connectivity index (χ4v) is 2.32. The number of allylic oxidation sites excluding steroid dienone is 1. The minimum Gasteiger partial charge on any atom is -0.768 e. The second-order valence-corrected chi connectivity index (χ2v) is 6.33. The number of rotatable bonds is 7. The van der Waals surface area contributed by atoms with Gasteiger partial charge >= 0.3 is 0 Å². The van der Waals surface area contributed by atoms with Gasteiger partial charge < -0.3 is 4.55 Å². The Kier molecular flexibility index (Phi) is 5.91. The number of hydrogen-bond acceptors (Lipinski definition) is 2. The highest BCUT2D eigenvalue weighted by molar-refractivity contribution is 7.79. The van der Waals surface area contributed by atoms with Gasteiger partial charge in [0, 0.05) is 16.9 Å². The van der Waals surface area contributed by atoms with E-state index in [0.717, 1.165) is 29.4 Å². The van der Waals surface area contributed by atoms with Crippen LogP contribution in [0.25, 0.3) is 0 Å². The second-order valence-electron chi connectivity index (χ2n) is 5.39. The summed E-state index contributed by atoms with van der Waals surface area (Å²) in [7, 11) is 4.27. The largest absolute Gasteiger partial charge is 0.768 e. The first-order chi connectivity index (χ1) is 8.86. The number of quaternary nitrogens is 1. The molecule has 4 heteroatoms. The Morgan fingerprint density at radius 2 is 1.89 bits per heavy atom. The molecular weight excluding hydrogens is 258 g/mol. The summed E-state index contributed by atoms with van der Waals surface area (Å²) >= 11 is -2.15. The monoisotopic (exact) mass is 281 g/mol. The molecule has 3 nitrogen and oxygen atoms in total. The van der Waals surface area contributed by atoms with Crippen LogP contribution in [0.4, 0.5) is 0 Å². The van der Waals surface area contributed by atoms with E-state index in [2.05, 4.69) is 27.6 Å². The minimum atomic E-state index is -2.15. The molecule has 0 spiro atoms. The lowest BCUT2D eigenvalue weighted by Gasteiger charge is -2.31. The molecule has 0 amide bonds. The van der Waals surface area contributed by atoms with Gasteiger partial charge in [-0.25, -0.2) is 0 Å². The van der Waals surface area contributed by atoms with Crippen LogP contribution in [0.15, 0.2) is 41.4 Å². The zero-order chi connectivity index (χ0) is 14.5. The van der Waals surface area contributed by atoms with Gasteiger partial charge in [-0.1, -0.05) is 25.5 Å². The third kappa shape index (κ3) is 4.90. The first kappa shape index (κ1) is 16.1. The standard InChI is InChI=1S/C15H23NO2S/c1-5-6-7-13(2)16(3,4)12-14-8-10-15(11-9-14)19(17)18/h8-11H,2,5-7,12H2,1,3-4H3. The van der Waals surface area contributed by atoms with Crippen LogP contribution in [0.5, 0.6) is 0 Å². The topological polar surface area (TPSA) is 40.1 Å². The smallest absolute Gasteiger partial charge is 0.108 e. The average Bonchev–Trinajstić information content (AvgIpc) is 2.36. The summed E-state index contributed by atoms with van der Waals surface area (Å²) in [5.74, 6) is 0. The first-order valence-corrected chi connectivity index (χ1v) is 7.64. The Morgan fingerprint density at radius 3 is 2.37 bits per heavy atom. The van der Waals surface area contributed by atoms with Gasteiger partial charge in [-0.05, 0) is 36.2 Å². The lowest BCUT2D eigenvalue weighted by Crippen LogP contribution is -2.37. The van der Waals surface area contributed by atoms with Crippen LogP contribution < -0.4 is 0 Å². The van der Waals surface area contributed by atoms with E-state index in [1.807, 2.05) is 12.1 Å². The van der Waals surface area contributed by atoms with Crippen LogP contribution in [-0.2, 0) is 17.6 Å². The molecule has 0 aromatic heterocycles. The maximum Gasteiger partial charge on any atom is 0.108 e. The van der Waals surface area contributed by atoms with Gasteiger partial charge in [0.05, 0.1) is 14.1 Å². The lowest BCUT2D eigenvalue weighted by molar-refractivity contribution is -0.867. The quantitative estimate of drug-likeness (QED) is 0.569. The van der Waals surface area contributed by atoms with Crippen LogP contribution >= 0.6 is 0 Å². The Bertz CT molecular complexity index is 452. The predicted molar refractivity (Wildman–Crippen MR) is 78.1 cm³/mol. The van der Waals surface area contributed by atoms with Crippen molar-refractivity contribution in [3.8, 4) is 0 Å².